The van der Waals surface area contributed by atoms with Crippen LogP contribution in [0, 0.1) is 5.82 Å². The molecule has 4 rings (SSSR count). The number of nitrogens with one attached hydrogen (secondary N) is 1. The standard InChI is InChI=1S/C23H14Cl2FNO6S/c24-15-11-16(25)22(34(30,31)27-18-7-3-2-6-17(18)26)10-14(15)23(29)32-12-19(28)21-9-13-5-1-4-8-20(13)33-21/h1-11,27H,12H2. The maximum absolute atomic E-state index is 13.9. The Morgan fingerprint density at radius 3 is 2.41 bits per heavy atom. The number of fused-ring (bicyclic) bond motifs is 1. The Hall–Kier alpha value is -3.40. The fourth-order valence-corrected chi connectivity index (χ4v) is 4.95. The molecule has 3 aromatic carbocycles. The van der Waals surface area contributed by atoms with E-state index in [-0.39, 0.29) is 27.1 Å². The molecule has 0 unspecified atom stereocenters. The van der Waals surface area contributed by atoms with Gasteiger partial charge in [0.1, 0.15) is 16.3 Å². The molecule has 0 fully saturated rings. The number of rotatable bonds is 7. The summed E-state index contributed by atoms with van der Waals surface area (Å²) in [7, 11) is -4.40. The molecule has 0 aliphatic rings. The van der Waals surface area contributed by atoms with Crippen LogP contribution in [-0.2, 0) is 14.8 Å². The largest absolute Gasteiger partial charge is 0.454 e. The number of Topliss-reactive ketones (excluding diaryl/α,β-unsaturated/α-hetero) is 1. The van der Waals surface area contributed by atoms with Crippen LogP contribution >= 0.6 is 23.2 Å². The third-order valence-electron chi connectivity index (χ3n) is 4.68. The number of hydrogen-bond acceptors (Lipinski definition) is 6. The van der Waals surface area contributed by atoms with Crippen molar-refractivity contribution in [3.8, 4) is 0 Å². The van der Waals surface area contributed by atoms with Crippen molar-refractivity contribution in [1.82, 2.24) is 0 Å². The van der Waals surface area contributed by atoms with Gasteiger partial charge in [-0.2, -0.15) is 0 Å². The van der Waals surface area contributed by atoms with Gasteiger partial charge in [0.15, 0.2) is 12.4 Å². The predicted octanol–water partition coefficient (Wildman–Crippen LogP) is 5.72. The smallest absolute Gasteiger partial charge is 0.340 e. The monoisotopic (exact) mass is 521 g/mol. The summed E-state index contributed by atoms with van der Waals surface area (Å²) in [6.07, 6.45) is 0. The zero-order chi connectivity index (χ0) is 24.5. The molecule has 1 heterocycles. The minimum absolute atomic E-state index is 0.00597. The van der Waals surface area contributed by atoms with E-state index < -0.39 is 39.1 Å². The highest BCUT2D eigenvalue weighted by atomic mass is 35.5. The normalized spacial score (nSPS) is 11.4. The van der Waals surface area contributed by atoms with Crippen molar-refractivity contribution in [3.63, 3.8) is 0 Å². The second kappa shape index (κ2) is 9.46. The van der Waals surface area contributed by atoms with Crippen molar-refractivity contribution in [2.75, 3.05) is 11.3 Å². The lowest BCUT2D eigenvalue weighted by Crippen LogP contribution is -2.17. The first kappa shape index (κ1) is 23.7. The molecule has 0 amide bonds. The number of ketones is 1. The molecule has 7 nitrogen and oxygen atoms in total. The van der Waals surface area contributed by atoms with Crippen LogP contribution in [0.1, 0.15) is 20.9 Å². The molecular formula is C23H14Cl2FNO6S. The number of furan rings is 1. The number of ether oxygens (including phenoxy) is 1. The van der Waals surface area contributed by atoms with Gasteiger partial charge >= 0.3 is 5.97 Å². The zero-order valence-electron chi connectivity index (χ0n) is 17.0. The van der Waals surface area contributed by atoms with E-state index in [0.717, 1.165) is 18.2 Å². The van der Waals surface area contributed by atoms with Gasteiger partial charge in [0.2, 0.25) is 5.78 Å². The third kappa shape index (κ3) is 4.91. The molecule has 0 spiro atoms. The van der Waals surface area contributed by atoms with Crippen molar-refractivity contribution in [2.24, 2.45) is 0 Å². The van der Waals surface area contributed by atoms with Crippen molar-refractivity contribution in [1.29, 1.82) is 0 Å². The molecule has 174 valence electrons. The minimum Gasteiger partial charge on any atom is -0.454 e. The zero-order valence-corrected chi connectivity index (χ0v) is 19.4. The van der Waals surface area contributed by atoms with Gasteiger partial charge in [-0.1, -0.05) is 53.5 Å². The maximum Gasteiger partial charge on any atom is 0.340 e. The summed E-state index contributed by atoms with van der Waals surface area (Å²) < 4.78 is 52.0. The highest BCUT2D eigenvalue weighted by molar-refractivity contribution is 7.92. The number of carbonyl (C=O) groups is 2. The lowest BCUT2D eigenvalue weighted by Gasteiger charge is -2.12. The molecule has 0 saturated carbocycles. The first-order chi connectivity index (χ1) is 16.2. The number of esters is 1. The Morgan fingerprint density at radius 1 is 0.971 bits per heavy atom. The fraction of sp³-hybridized carbons (Fsp3) is 0.0435. The van der Waals surface area contributed by atoms with Crippen molar-refractivity contribution in [3.05, 3.63) is 93.9 Å². The summed E-state index contributed by atoms with van der Waals surface area (Å²) in [5.74, 6) is -2.48. The molecular weight excluding hydrogens is 508 g/mol. The second-order valence-corrected chi connectivity index (χ2v) is 9.46. The Balaban J connectivity index is 1.54. The van der Waals surface area contributed by atoms with E-state index in [4.69, 9.17) is 32.4 Å². The van der Waals surface area contributed by atoms with Crippen molar-refractivity contribution >= 4 is 61.6 Å². The number of hydrogen-bond donors (Lipinski definition) is 1. The molecule has 34 heavy (non-hydrogen) atoms. The third-order valence-corrected chi connectivity index (χ3v) is 6.83. The van der Waals surface area contributed by atoms with E-state index in [2.05, 4.69) is 4.72 Å². The summed E-state index contributed by atoms with van der Waals surface area (Å²) in [5, 5.41) is 0.204. The van der Waals surface area contributed by atoms with Gasteiger partial charge < -0.3 is 9.15 Å². The van der Waals surface area contributed by atoms with E-state index in [1.165, 1.54) is 24.3 Å². The number of carbonyl (C=O) groups excluding carboxylic acids is 2. The van der Waals surface area contributed by atoms with Crippen molar-refractivity contribution < 1.29 is 31.6 Å². The number of para-hydroxylation sites is 2. The topological polar surface area (TPSA) is 103 Å². The van der Waals surface area contributed by atoms with E-state index >= 15 is 0 Å². The summed E-state index contributed by atoms with van der Waals surface area (Å²) in [6.45, 7) is -0.673. The van der Waals surface area contributed by atoms with Gasteiger partial charge in [-0.05, 0) is 36.4 Å². The molecule has 0 bridgehead atoms. The molecule has 0 aliphatic heterocycles. The highest BCUT2D eigenvalue weighted by Crippen LogP contribution is 2.31. The summed E-state index contributed by atoms with van der Waals surface area (Å²) >= 11 is 12.1. The van der Waals surface area contributed by atoms with E-state index in [1.54, 1.807) is 24.3 Å². The molecule has 1 N–H and O–H groups in total. The summed E-state index contributed by atoms with van der Waals surface area (Å²) in [4.78, 5) is 24.4. The number of halogens is 3. The van der Waals surface area contributed by atoms with Crippen LogP contribution in [0.15, 0.2) is 76.0 Å². The van der Waals surface area contributed by atoms with Gasteiger partial charge in [-0.15, -0.1) is 0 Å². The van der Waals surface area contributed by atoms with E-state index in [0.29, 0.717) is 11.0 Å². The Labute approximate surface area is 203 Å². The molecule has 0 aliphatic carbocycles. The molecule has 0 radical (unpaired) electrons. The van der Waals surface area contributed by atoms with Crippen LogP contribution in [0.25, 0.3) is 11.0 Å². The average molecular weight is 522 g/mol. The molecule has 1 aromatic heterocycles. The van der Waals surface area contributed by atoms with Crippen LogP contribution in [0.4, 0.5) is 10.1 Å². The number of benzene rings is 3. The maximum atomic E-state index is 13.9. The first-order valence-electron chi connectivity index (χ1n) is 9.61. The van der Waals surface area contributed by atoms with Crippen LogP contribution in [-0.4, -0.2) is 26.8 Å². The lowest BCUT2D eigenvalue weighted by atomic mass is 10.2. The average Bonchev–Trinajstić information content (AvgIpc) is 3.23. The molecule has 0 saturated heterocycles. The first-order valence-corrected chi connectivity index (χ1v) is 11.8. The van der Waals surface area contributed by atoms with Crippen LogP contribution in [0.3, 0.4) is 0 Å². The molecule has 4 aromatic rings. The fourth-order valence-electron chi connectivity index (χ4n) is 3.03. The van der Waals surface area contributed by atoms with Gasteiger partial charge in [-0.25, -0.2) is 17.6 Å². The van der Waals surface area contributed by atoms with Crippen LogP contribution < -0.4 is 4.72 Å². The molecule has 11 heteroatoms. The van der Waals surface area contributed by atoms with Gasteiger partial charge in [0.05, 0.1) is 21.3 Å². The lowest BCUT2D eigenvalue weighted by molar-refractivity contribution is 0.0468. The van der Waals surface area contributed by atoms with Gasteiger partial charge in [-0.3, -0.25) is 9.52 Å². The molecule has 0 atom stereocenters. The predicted molar refractivity (Wildman–Crippen MR) is 124 cm³/mol. The Morgan fingerprint density at radius 2 is 1.68 bits per heavy atom. The minimum atomic E-state index is -4.40. The Bertz CT molecular complexity index is 1500. The summed E-state index contributed by atoms with van der Waals surface area (Å²) in [6, 6.07) is 15.5. The van der Waals surface area contributed by atoms with Gasteiger partial charge in [0, 0.05) is 5.39 Å². The number of anilines is 1. The SMILES string of the molecule is O=C(COC(=O)c1cc(S(=O)(=O)Nc2ccccc2F)c(Cl)cc1Cl)c1cc2ccccc2o1. The quantitative estimate of drug-likeness (QED) is 0.246. The highest BCUT2D eigenvalue weighted by Gasteiger charge is 2.25. The van der Waals surface area contributed by atoms with E-state index in [9.17, 15) is 22.4 Å². The second-order valence-electron chi connectivity index (χ2n) is 7.00. The van der Waals surface area contributed by atoms with Crippen molar-refractivity contribution in [2.45, 2.75) is 4.90 Å². The van der Waals surface area contributed by atoms with E-state index in [1.807, 2.05) is 0 Å². The van der Waals surface area contributed by atoms with Crippen LogP contribution in [0.2, 0.25) is 10.0 Å². The number of sulfonamides is 1. The van der Waals surface area contributed by atoms with Gasteiger partial charge in [0.25, 0.3) is 10.0 Å². The summed E-state index contributed by atoms with van der Waals surface area (Å²) in [5.41, 5.74) is -0.165. The van der Waals surface area contributed by atoms with Crippen LogP contribution in [0.5, 0.6) is 0 Å². The Kier molecular flexibility index (Phi) is 6.60.